The van der Waals surface area contributed by atoms with Gasteiger partial charge in [0.05, 0.1) is 22.1 Å². The number of rotatable bonds is 1. The van der Waals surface area contributed by atoms with Crippen LogP contribution in [0.25, 0.3) is 27.6 Å². The topological polar surface area (TPSA) is 57.4 Å². The minimum atomic E-state index is 0.930. The molecule has 0 amide bonds. The second-order valence-corrected chi connectivity index (χ2v) is 5.15. The van der Waals surface area contributed by atoms with Crippen molar-refractivity contribution in [3.63, 3.8) is 0 Å². The average molecular weight is 250 g/mol. The smallest absolute Gasteiger partial charge is 0.138 e. The number of benzene rings is 1. The van der Waals surface area contributed by atoms with Crippen LogP contribution in [0.3, 0.4) is 0 Å². The molecule has 94 valence electrons. The molecule has 4 heteroatoms. The van der Waals surface area contributed by atoms with Gasteiger partial charge >= 0.3 is 0 Å². The minimum absolute atomic E-state index is 0.930. The lowest BCUT2D eigenvalue weighted by Crippen LogP contribution is -1.80. The number of aryl methyl sites for hydroxylation is 1. The monoisotopic (exact) mass is 250 g/mol. The van der Waals surface area contributed by atoms with Gasteiger partial charge in [-0.3, -0.25) is 0 Å². The van der Waals surface area contributed by atoms with E-state index in [2.05, 4.69) is 45.1 Å². The van der Waals surface area contributed by atoms with Crippen LogP contribution in [-0.2, 0) is 0 Å². The molecule has 0 saturated carbocycles. The Hall–Kier alpha value is -2.36. The van der Waals surface area contributed by atoms with Crippen LogP contribution in [0.5, 0.6) is 0 Å². The van der Waals surface area contributed by atoms with Crippen molar-refractivity contribution in [1.82, 2.24) is 19.9 Å². The van der Waals surface area contributed by atoms with E-state index in [-0.39, 0.29) is 0 Å². The van der Waals surface area contributed by atoms with E-state index in [4.69, 9.17) is 0 Å². The highest BCUT2D eigenvalue weighted by atomic mass is 14.9. The van der Waals surface area contributed by atoms with E-state index in [0.29, 0.717) is 0 Å². The third-order valence-electron chi connectivity index (χ3n) is 3.52. The van der Waals surface area contributed by atoms with Crippen molar-refractivity contribution in [2.75, 3.05) is 0 Å². The van der Waals surface area contributed by atoms with Crippen molar-refractivity contribution < 1.29 is 0 Å². The maximum Gasteiger partial charge on any atom is 0.138 e. The molecule has 2 aromatic heterocycles. The van der Waals surface area contributed by atoms with Gasteiger partial charge in [0.1, 0.15) is 11.6 Å². The summed E-state index contributed by atoms with van der Waals surface area (Å²) in [6.07, 6.45) is 5.42. The van der Waals surface area contributed by atoms with Crippen molar-refractivity contribution in [3.05, 3.63) is 41.5 Å². The van der Waals surface area contributed by atoms with Crippen LogP contribution in [0.15, 0.2) is 29.9 Å². The molecule has 1 aliphatic rings. The molecule has 0 aliphatic heterocycles. The molecule has 0 bridgehead atoms. The maximum absolute atomic E-state index is 4.67. The fraction of sp³-hybridized carbons (Fsp3) is 0.200. The fourth-order valence-corrected chi connectivity index (χ4v) is 2.60. The molecule has 0 saturated heterocycles. The van der Waals surface area contributed by atoms with Gasteiger partial charge in [0.15, 0.2) is 0 Å². The number of hydrogen-bond donors (Lipinski definition) is 2. The zero-order valence-corrected chi connectivity index (χ0v) is 10.9. The number of aromatic amines is 2. The molecule has 0 fully saturated rings. The summed E-state index contributed by atoms with van der Waals surface area (Å²) < 4.78 is 0. The third kappa shape index (κ3) is 1.60. The number of fused-ring (bicyclic) bond motifs is 2. The SMILES string of the molecule is CC1=CC(c2nc3cc4nc(C)[nH]c4cc3[nH]2)=CC1. The summed E-state index contributed by atoms with van der Waals surface area (Å²) in [6.45, 7) is 4.10. The molecule has 2 N–H and O–H groups in total. The zero-order chi connectivity index (χ0) is 13.0. The van der Waals surface area contributed by atoms with Crippen LogP contribution in [0.4, 0.5) is 0 Å². The fourth-order valence-electron chi connectivity index (χ4n) is 2.60. The Morgan fingerprint density at radius 3 is 2.58 bits per heavy atom. The number of allylic oxidation sites excluding steroid dienone is 4. The van der Waals surface area contributed by atoms with E-state index in [1.807, 2.05) is 13.0 Å². The lowest BCUT2D eigenvalue weighted by Gasteiger charge is -1.90. The predicted molar refractivity (Wildman–Crippen MR) is 76.8 cm³/mol. The Morgan fingerprint density at radius 2 is 1.79 bits per heavy atom. The van der Waals surface area contributed by atoms with Gasteiger partial charge in [0, 0.05) is 5.57 Å². The van der Waals surface area contributed by atoms with Crippen LogP contribution in [0, 0.1) is 6.92 Å². The summed E-state index contributed by atoms with van der Waals surface area (Å²) in [5.41, 5.74) is 6.58. The van der Waals surface area contributed by atoms with Gasteiger partial charge in [-0.2, -0.15) is 0 Å². The number of aromatic nitrogens is 4. The Morgan fingerprint density at radius 1 is 1.00 bits per heavy atom. The first kappa shape index (κ1) is 10.6. The summed E-state index contributed by atoms with van der Waals surface area (Å²) in [6, 6.07) is 4.10. The molecule has 0 radical (unpaired) electrons. The Balaban J connectivity index is 1.92. The summed E-state index contributed by atoms with van der Waals surface area (Å²) in [5.74, 6) is 1.87. The Kier molecular flexibility index (Phi) is 1.98. The van der Waals surface area contributed by atoms with Gasteiger partial charge in [-0.25, -0.2) is 9.97 Å². The van der Waals surface area contributed by atoms with Gasteiger partial charge in [0.25, 0.3) is 0 Å². The van der Waals surface area contributed by atoms with Gasteiger partial charge < -0.3 is 9.97 Å². The van der Waals surface area contributed by atoms with E-state index in [1.54, 1.807) is 0 Å². The molecular formula is C15H14N4. The van der Waals surface area contributed by atoms with Crippen LogP contribution in [0.1, 0.15) is 25.0 Å². The van der Waals surface area contributed by atoms with Crippen LogP contribution in [-0.4, -0.2) is 19.9 Å². The summed E-state index contributed by atoms with van der Waals surface area (Å²) in [5, 5.41) is 0. The zero-order valence-electron chi connectivity index (χ0n) is 10.9. The molecule has 19 heavy (non-hydrogen) atoms. The summed E-state index contributed by atoms with van der Waals surface area (Å²) in [7, 11) is 0. The first-order chi connectivity index (χ1) is 9.19. The first-order valence-corrected chi connectivity index (χ1v) is 6.43. The Labute approximate surface area is 110 Å². The van der Waals surface area contributed by atoms with E-state index in [1.165, 1.54) is 11.1 Å². The average Bonchev–Trinajstić information content (AvgIpc) is 3.02. The second-order valence-electron chi connectivity index (χ2n) is 5.15. The standard InChI is InChI=1S/C15H14N4/c1-8-3-4-10(5-8)15-18-13-6-11-12(7-14(13)19-15)17-9(2)16-11/h4-7H,3H2,1-2H3,(H,16,17)(H,18,19). The van der Waals surface area contributed by atoms with Crippen LogP contribution < -0.4 is 0 Å². The minimum Gasteiger partial charge on any atom is -0.342 e. The number of H-pyrrole nitrogens is 2. The predicted octanol–water partition coefficient (Wildman–Crippen LogP) is 3.48. The summed E-state index contributed by atoms with van der Waals surface area (Å²) in [4.78, 5) is 15.8. The maximum atomic E-state index is 4.67. The van der Waals surface area contributed by atoms with Gasteiger partial charge in [-0.1, -0.05) is 17.7 Å². The number of hydrogen-bond acceptors (Lipinski definition) is 2. The lowest BCUT2D eigenvalue weighted by atomic mass is 10.2. The highest BCUT2D eigenvalue weighted by Crippen LogP contribution is 2.27. The number of nitrogens with zero attached hydrogens (tertiary/aromatic N) is 2. The van der Waals surface area contributed by atoms with Crippen LogP contribution in [0.2, 0.25) is 0 Å². The van der Waals surface area contributed by atoms with Crippen molar-refractivity contribution in [3.8, 4) is 0 Å². The molecule has 0 spiro atoms. The quantitative estimate of drug-likeness (QED) is 0.694. The molecule has 4 nitrogen and oxygen atoms in total. The first-order valence-electron chi connectivity index (χ1n) is 6.43. The second kappa shape index (κ2) is 3.57. The van der Waals surface area contributed by atoms with Crippen molar-refractivity contribution >= 4 is 27.6 Å². The normalized spacial score (nSPS) is 15.3. The van der Waals surface area contributed by atoms with Crippen molar-refractivity contribution in [2.45, 2.75) is 20.3 Å². The highest BCUT2D eigenvalue weighted by Gasteiger charge is 2.11. The van der Waals surface area contributed by atoms with E-state index >= 15 is 0 Å². The molecule has 0 unspecified atom stereocenters. The van der Waals surface area contributed by atoms with Crippen molar-refractivity contribution in [1.29, 1.82) is 0 Å². The Bertz CT molecular complexity index is 810. The number of imidazole rings is 2. The summed E-state index contributed by atoms with van der Waals surface area (Å²) >= 11 is 0. The van der Waals surface area contributed by atoms with Crippen LogP contribution >= 0.6 is 0 Å². The lowest BCUT2D eigenvalue weighted by molar-refractivity contribution is 1.17. The molecule has 2 heterocycles. The van der Waals surface area contributed by atoms with Crippen molar-refractivity contribution in [2.24, 2.45) is 0 Å². The molecule has 1 aliphatic carbocycles. The molecule has 3 aromatic rings. The molecule has 0 atom stereocenters. The molecular weight excluding hydrogens is 236 g/mol. The van der Waals surface area contributed by atoms with E-state index in [0.717, 1.165) is 40.1 Å². The number of nitrogens with one attached hydrogen (secondary N) is 2. The van der Waals surface area contributed by atoms with E-state index in [9.17, 15) is 0 Å². The highest BCUT2D eigenvalue weighted by molar-refractivity contribution is 5.93. The largest absolute Gasteiger partial charge is 0.342 e. The molecule has 4 rings (SSSR count). The van der Waals surface area contributed by atoms with Gasteiger partial charge in [-0.05, 0) is 32.4 Å². The third-order valence-corrected chi connectivity index (χ3v) is 3.52. The van der Waals surface area contributed by atoms with E-state index < -0.39 is 0 Å². The van der Waals surface area contributed by atoms with Gasteiger partial charge in [-0.15, -0.1) is 0 Å². The molecule has 1 aromatic carbocycles. The van der Waals surface area contributed by atoms with Gasteiger partial charge in [0.2, 0.25) is 0 Å².